The summed E-state index contributed by atoms with van der Waals surface area (Å²) in [4.78, 5) is 0. The Morgan fingerprint density at radius 2 is 1.56 bits per heavy atom. The van der Waals surface area contributed by atoms with E-state index in [9.17, 15) is 8.42 Å². The number of unbranched alkanes of at least 4 members (excludes halogenated alkanes) is 4. The molecular formula is C13H29NO3S. The minimum absolute atomic E-state index is 0.376. The van der Waals surface area contributed by atoms with Gasteiger partial charge in [0.05, 0.1) is 0 Å². The van der Waals surface area contributed by atoms with E-state index in [2.05, 4.69) is 13.8 Å². The van der Waals surface area contributed by atoms with Crippen LogP contribution in [0.2, 0.25) is 0 Å². The lowest BCUT2D eigenvalue weighted by atomic mass is 9.96. The second kappa shape index (κ2) is 9.75. The standard InChI is InChI=1S/C7H16.C6H13NO3S/c1-3-5-7-6-4-2;7-5-3-1-2-4-6(5)11(8,9)10/h3-7H2,1-2H3;5-6H,1-4,7H2,(H,8,9,10)/t;5-,6-/m.1/s1. The zero-order valence-corrected chi connectivity index (χ0v) is 12.6. The summed E-state index contributed by atoms with van der Waals surface area (Å²) in [6.45, 7) is 4.49. The van der Waals surface area contributed by atoms with E-state index in [1.807, 2.05) is 0 Å². The van der Waals surface area contributed by atoms with Gasteiger partial charge in [0, 0.05) is 6.04 Å². The van der Waals surface area contributed by atoms with Crippen LogP contribution in [0.1, 0.15) is 71.6 Å². The maximum Gasteiger partial charge on any atom is 0.269 e. The van der Waals surface area contributed by atoms with Crippen molar-refractivity contribution in [2.75, 3.05) is 0 Å². The molecule has 1 saturated carbocycles. The second-order valence-corrected chi connectivity index (χ2v) is 6.70. The Labute approximate surface area is 112 Å². The lowest BCUT2D eigenvalue weighted by molar-refractivity contribution is 0.395. The van der Waals surface area contributed by atoms with Gasteiger partial charge in [-0.05, 0) is 12.8 Å². The molecule has 3 N–H and O–H groups in total. The second-order valence-electron chi connectivity index (χ2n) is 5.06. The fourth-order valence-electron chi connectivity index (χ4n) is 2.17. The van der Waals surface area contributed by atoms with Gasteiger partial charge < -0.3 is 5.73 Å². The molecular weight excluding hydrogens is 250 g/mol. The van der Waals surface area contributed by atoms with Crippen molar-refractivity contribution in [1.82, 2.24) is 0 Å². The van der Waals surface area contributed by atoms with E-state index in [0.717, 1.165) is 12.8 Å². The Hall–Kier alpha value is -0.130. The molecule has 1 fully saturated rings. The van der Waals surface area contributed by atoms with Gasteiger partial charge in [-0.1, -0.05) is 58.8 Å². The minimum atomic E-state index is -3.90. The lowest BCUT2D eigenvalue weighted by Gasteiger charge is -2.25. The highest BCUT2D eigenvalue weighted by Gasteiger charge is 2.31. The number of nitrogens with two attached hydrogens (primary N) is 1. The molecule has 0 bridgehead atoms. The van der Waals surface area contributed by atoms with Crippen molar-refractivity contribution in [1.29, 1.82) is 0 Å². The van der Waals surface area contributed by atoms with E-state index in [-0.39, 0.29) is 6.04 Å². The Morgan fingerprint density at radius 1 is 1.06 bits per heavy atom. The summed E-state index contributed by atoms with van der Waals surface area (Å²) >= 11 is 0. The van der Waals surface area contributed by atoms with E-state index in [1.165, 1.54) is 32.1 Å². The quantitative estimate of drug-likeness (QED) is 0.598. The van der Waals surface area contributed by atoms with Crippen molar-refractivity contribution in [2.45, 2.75) is 82.9 Å². The molecule has 1 aliphatic rings. The van der Waals surface area contributed by atoms with Crippen molar-refractivity contribution in [2.24, 2.45) is 5.73 Å². The van der Waals surface area contributed by atoms with E-state index >= 15 is 0 Å². The van der Waals surface area contributed by atoms with Crippen molar-refractivity contribution < 1.29 is 13.0 Å². The summed E-state index contributed by atoms with van der Waals surface area (Å²) in [5.41, 5.74) is 5.53. The first-order valence-electron chi connectivity index (χ1n) is 7.15. The third kappa shape index (κ3) is 8.06. The number of hydrogen-bond acceptors (Lipinski definition) is 3. The third-order valence-electron chi connectivity index (χ3n) is 3.34. The predicted octanol–water partition coefficient (Wildman–Crippen LogP) is 3.12. The van der Waals surface area contributed by atoms with Gasteiger partial charge >= 0.3 is 0 Å². The van der Waals surface area contributed by atoms with Crippen molar-refractivity contribution in [3.63, 3.8) is 0 Å². The van der Waals surface area contributed by atoms with Gasteiger partial charge in [0.15, 0.2) is 0 Å². The normalized spacial score (nSPS) is 24.2. The third-order valence-corrected chi connectivity index (χ3v) is 4.69. The van der Waals surface area contributed by atoms with Crippen molar-refractivity contribution in [3.8, 4) is 0 Å². The van der Waals surface area contributed by atoms with Gasteiger partial charge in [0.2, 0.25) is 0 Å². The number of hydrogen-bond donors (Lipinski definition) is 2. The molecule has 0 spiro atoms. The Bertz CT molecular complexity index is 287. The molecule has 0 aromatic carbocycles. The average Bonchev–Trinajstić information content (AvgIpc) is 2.30. The van der Waals surface area contributed by atoms with Crippen LogP contribution in [0.15, 0.2) is 0 Å². The van der Waals surface area contributed by atoms with Gasteiger partial charge in [-0.3, -0.25) is 4.55 Å². The summed E-state index contributed by atoms with van der Waals surface area (Å²) in [7, 11) is -3.90. The first-order chi connectivity index (χ1) is 8.43. The average molecular weight is 279 g/mol. The van der Waals surface area contributed by atoms with Crippen LogP contribution < -0.4 is 5.73 Å². The molecule has 0 heterocycles. The molecule has 110 valence electrons. The summed E-state index contributed by atoms with van der Waals surface area (Å²) < 4.78 is 30.0. The SMILES string of the molecule is CCCCCCC.N[C@@H]1CCCC[C@H]1S(=O)(=O)O. The fourth-order valence-corrected chi connectivity index (χ4v) is 3.21. The van der Waals surface area contributed by atoms with Crippen molar-refractivity contribution >= 4 is 10.1 Å². The monoisotopic (exact) mass is 279 g/mol. The van der Waals surface area contributed by atoms with Crippen LogP contribution in [0.3, 0.4) is 0 Å². The highest BCUT2D eigenvalue weighted by Crippen LogP contribution is 2.21. The molecule has 1 rings (SSSR count). The molecule has 0 aliphatic heterocycles. The van der Waals surface area contributed by atoms with Gasteiger partial charge in [0.25, 0.3) is 10.1 Å². The molecule has 18 heavy (non-hydrogen) atoms. The molecule has 0 saturated heterocycles. The molecule has 1 aliphatic carbocycles. The Morgan fingerprint density at radius 3 is 1.89 bits per heavy atom. The summed E-state index contributed by atoms with van der Waals surface area (Å²) in [6, 6.07) is -0.376. The Balaban J connectivity index is 0.000000360. The van der Waals surface area contributed by atoms with Crippen LogP contribution in [0.25, 0.3) is 0 Å². The summed E-state index contributed by atoms with van der Waals surface area (Å²) in [5.74, 6) is 0. The first kappa shape index (κ1) is 17.9. The molecule has 2 atom stereocenters. The molecule has 0 amide bonds. The van der Waals surface area contributed by atoms with Crippen LogP contribution in [0, 0.1) is 0 Å². The zero-order chi connectivity index (χ0) is 14.0. The van der Waals surface area contributed by atoms with Crippen molar-refractivity contribution in [3.05, 3.63) is 0 Å². The van der Waals surface area contributed by atoms with E-state index < -0.39 is 15.4 Å². The lowest BCUT2D eigenvalue weighted by Crippen LogP contribution is -2.42. The smallest absolute Gasteiger partial charge is 0.269 e. The summed E-state index contributed by atoms with van der Waals surface area (Å²) in [5, 5.41) is -0.726. The maximum atomic E-state index is 10.7. The highest BCUT2D eigenvalue weighted by atomic mass is 32.2. The van der Waals surface area contributed by atoms with Gasteiger partial charge in [-0.2, -0.15) is 8.42 Å². The van der Waals surface area contributed by atoms with Crippen LogP contribution in [0.5, 0.6) is 0 Å². The van der Waals surface area contributed by atoms with E-state index in [1.54, 1.807) is 0 Å². The largest absolute Gasteiger partial charge is 0.326 e. The van der Waals surface area contributed by atoms with E-state index in [4.69, 9.17) is 10.3 Å². The summed E-state index contributed by atoms with van der Waals surface area (Å²) in [6.07, 6.45) is 10.0. The van der Waals surface area contributed by atoms with Gasteiger partial charge in [-0.15, -0.1) is 0 Å². The molecule has 0 unspecified atom stereocenters. The topological polar surface area (TPSA) is 80.4 Å². The molecule has 5 heteroatoms. The van der Waals surface area contributed by atoms with Gasteiger partial charge in [-0.25, -0.2) is 0 Å². The van der Waals surface area contributed by atoms with E-state index in [0.29, 0.717) is 12.8 Å². The molecule has 0 aromatic rings. The minimum Gasteiger partial charge on any atom is -0.326 e. The van der Waals surface area contributed by atoms with Crippen LogP contribution in [-0.4, -0.2) is 24.3 Å². The number of rotatable bonds is 5. The van der Waals surface area contributed by atoms with Crippen LogP contribution in [-0.2, 0) is 10.1 Å². The zero-order valence-electron chi connectivity index (χ0n) is 11.8. The van der Waals surface area contributed by atoms with Crippen LogP contribution >= 0.6 is 0 Å². The molecule has 0 aromatic heterocycles. The first-order valence-corrected chi connectivity index (χ1v) is 8.65. The molecule has 4 nitrogen and oxygen atoms in total. The molecule has 0 radical (unpaired) electrons. The maximum absolute atomic E-state index is 10.7. The highest BCUT2D eigenvalue weighted by molar-refractivity contribution is 7.86. The predicted molar refractivity (Wildman–Crippen MR) is 76.2 cm³/mol. The van der Waals surface area contributed by atoms with Crippen LogP contribution in [0.4, 0.5) is 0 Å². The van der Waals surface area contributed by atoms with Gasteiger partial charge in [0.1, 0.15) is 5.25 Å². The fraction of sp³-hybridized carbons (Fsp3) is 1.00. The Kier molecular flexibility index (Phi) is 9.68.